The Labute approximate surface area is 168 Å². The Morgan fingerprint density at radius 2 is 1.66 bits per heavy atom. The van der Waals surface area contributed by atoms with Gasteiger partial charge in [0.2, 0.25) is 11.8 Å². The van der Waals surface area contributed by atoms with Crippen LogP contribution in [0.5, 0.6) is 5.75 Å². The molecule has 150 valence electrons. The number of carbonyl (C=O) groups excluding carboxylic acids is 3. The van der Waals surface area contributed by atoms with Crippen LogP contribution >= 0.6 is 0 Å². The summed E-state index contributed by atoms with van der Waals surface area (Å²) < 4.78 is 10.2. The van der Waals surface area contributed by atoms with Crippen molar-refractivity contribution in [2.45, 2.75) is 18.5 Å². The Morgan fingerprint density at radius 3 is 2.24 bits per heavy atom. The Balaban J connectivity index is 1.80. The summed E-state index contributed by atoms with van der Waals surface area (Å²) in [5.74, 6) is -2.21. The van der Waals surface area contributed by atoms with Gasteiger partial charge in [-0.05, 0) is 36.8 Å². The highest BCUT2D eigenvalue weighted by molar-refractivity contribution is 6.24. The van der Waals surface area contributed by atoms with E-state index < -0.39 is 35.3 Å². The molecule has 2 aliphatic rings. The Morgan fingerprint density at radius 1 is 1.00 bits per heavy atom. The van der Waals surface area contributed by atoms with E-state index in [0.29, 0.717) is 11.4 Å². The lowest BCUT2D eigenvalue weighted by Crippen LogP contribution is -2.54. The van der Waals surface area contributed by atoms with Gasteiger partial charge in [-0.3, -0.25) is 19.7 Å². The number of anilines is 1. The maximum Gasteiger partial charge on any atom is 0.326 e. The second kappa shape index (κ2) is 7.00. The Hall–Kier alpha value is -3.19. The number of nitrogens with zero attached hydrogens (tertiary/aromatic N) is 1. The molecular formula is C22H22N2O5. The first-order chi connectivity index (χ1) is 13.9. The molecule has 2 saturated heterocycles. The lowest BCUT2D eigenvalue weighted by atomic mass is 9.80. The number of carbonyl (C=O) groups is 3. The van der Waals surface area contributed by atoms with Crippen molar-refractivity contribution >= 4 is 23.5 Å². The summed E-state index contributed by atoms with van der Waals surface area (Å²) >= 11 is 0. The maximum atomic E-state index is 13.4. The summed E-state index contributed by atoms with van der Waals surface area (Å²) in [6, 6.07) is 15.5. The van der Waals surface area contributed by atoms with E-state index in [1.165, 1.54) is 12.0 Å². The number of ether oxygens (including phenoxy) is 2. The van der Waals surface area contributed by atoms with Gasteiger partial charge in [0.1, 0.15) is 11.3 Å². The quantitative estimate of drug-likeness (QED) is 0.631. The Kier molecular flexibility index (Phi) is 4.62. The molecule has 0 spiro atoms. The highest BCUT2D eigenvalue weighted by atomic mass is 16.5. The van der Waals surface area contributed by atoms with Crippen molar-refractivity contribution in [3.8, 4) is 5.75 Å². The lowest BCUT2D eigenvalue weighted by molar-refractivity contribution is -0.151. The van der Waals surface area contributed by atoms with Crippen molar-refractivity contribution in [3.05, 3.63) is 60.2 Å². The number of methoxy groups -OCH3 is 2. The van der Waals surface area contributed by atoms with Crippen LogP contribution in [-0.2, 0) is 19.1 Å². The third-order valence-electron chi connectivity index (χ3n) is 5.89. The predicted octanol–water partition coefficient (Wildman–Crippen LogP) is 2.08. The van der Waals surface area contributed by atoms with E-state index in [-0.39, 0.29) is 5.91 Å². The lowest BCUT2D eigenvalue weighted by Gasteiger charge is -2.28. The standard InChI is InChI=1S/C22H22N2O5/c1-22(21(27)29-3)17-16(18(23-22)13-9-11-15(28-2)12-10-13)19(25)24(20(17)26)14-7-5-4-6-8-14/h4-12,16-18,23H,1-3H3/t16-,17-,18-,22-/m0/s1. The molecule has 29 heavy (non-hydrogen) atoms. The molecule has 4 rings (SSSR count). The number of hydrogen-bond donors (Lipinski definition) is 1. The SMILES string of the molecule is COC(=O)[C@@]1(C)N[C@@H](c2ccc(OC)cc2)[C@H]2C(=O)N(c3ccccc3)C(=O)[C@H]21. The van der Waals surface area contributed by atoms with Gasteiger partial charge in [0, 0.05) is 6.04 Å². The van der Waals surface area contributed by atoms with E-state index in [1.54, 1.807) is 50.4 Å². The largest absolute Gasteiger partial charge is 0.497 e. The van der Waals surface area contributed by atoms with Gasteiger partial charge in [-0.2, -0.15) is 0 Å². The molecule has 2 heterocycles. The van der Waals surface area contributed by atoms with Crippen molar-refractivity contribution in [1.82, 2.24) is 5.32 Å². The van der Waals surface area contributed by atoms with Gasteiger partial charge in [-0.1, -0.05) is 30.3 Å². The second-order valence-electron chi connectivity index (χ2n) is 7.44. The first-order valence-corrected chi connectivity index (χ1v) is 9.35. The monoisotopic (exact) mass is 394 g/mol. The van der Waals surface area contributed by atoms with Crippen LogP contribution < -0.4 is 15.0 Å². The fraction of sp³-hybridized carbons (Fsp3) is 0.318. The number of amides is 2. The zero-order chi connectivity index (χ0) is 20.8. The van der Waals surface area contributed by atoms with E-state index >= 15 is 0 Å². The van der Waals surface area contributed by atoms with Crippen molar-refractivity contribution in [3.63, 3.8) is 0 Å². The number of imide groups is 1. The minimum absolute atomic E-state index is 0.327. The molecule has 0 aliphatic carbocycles. The number of nitrogens with one attached hydrogen (secondary N) is 1. The van der Waals surface area contributed by atoms with Gasteiger partial charge in [-0.25, -0.2) is 4.90 Å². The van der Waals surface area contributed by atoms with E-state index in [9.17, 15) is 14.4 Å². The fourth-order valence-electron chi connectivity index (χ4n) is 4.47. The number of rotatable bonds is 4. The van der Waals surface area contributed by atoms with Crippen LogP contribution in [0, 0.1) is 11.8 Å². The van der Waals surface area contributed by atoms with E-state index in [1.807, 2.05) is 18.2 Å². The number of para-hydroxylation sites is 1. The van der Waals surface area contributed by atoms with E-state index in [4.69, 9.17) is 9.47 Å². The molecule has 0 saturated carbocycles. The van der Waals surface area contributed by atoms with Gasteiger partial charge in [0.15, 0.2) is 0 Å². The van der Waals surface area contributed by atoms with Crippen LogP contribution in [0.15, 0.2) is 54.6 Å². The normalized spacial score (nSPS) is 28.4. The summed E-state index contributed by atoms with van der Waals surface area (Å²) in [4.78, 5) is 40.6. The smallest absolute Gasteiger partial charge is 0.326 e. The average Bonchev–Trinajstić information content (AvgIpc) is 3.22. The zero-order valence-electron chi connectivity index (χ0n) is 16.4. The van der Waals surface area contributed by atoms with Crippen molar-refractivity contribution in [2.24, 2.45) is 11.8 Å². The molecule has 0 unspecified atom stereocenters. The van der Waals surface area contributed by atoms with E-state index in [2.05, 4.69) is 5.32 Å². The first kappa shape index (κ1) is 19.1. The summed E-state index contributed by atoms with van der Waals surface area (Å²) in [7, 11) is 2.85. The zero-order valence-corrected chi connectivity index (χ0v) is 16.4. The molecule has 0 bridgehead atoms. The number of fused-ring (bicyclic) bond motifs is 1. The minimum atomic E-state index is -1.32. The summed E-state index contributed by atoms with van der Waals surface area (Å²) in [6.45, 7) is 1.62. The number of hydrogen-bond acceptors (Lipinski definition) is 6. The molecule has 2 aromatic carbocycles. The van der Waals surface area contributed by atoms with Gasteiger partial charge < -0.3 is 9.47 Å². The second-order valence-corrected chi connectivity index (χ2v) is 7.44. The average molecular weight is 394 g/mol. The number of esters is 1. The van der Waals surface area contributed by atoms with Gasteiger partial charge in [0.05, 0.1) is 31.7 Å². The van der Waals surface area contributed by atoms with Crippen LogP contribution in [0.3, 0.4) is 0 Å². The van der Waals surface area contributed by atoms with Crippen LogP contribution in [0.1, 0.15) is 18.5 Å². The van der Waals surface area contributed by atoms with Crippen LogP contribution in [0.4, 0.5) is 5.69 Å². The molecular weight excluding hydrogens is 372 g/mol. The molecule has 7 nitrogen and oxygen atoms in total. The van der Waals surface area contributed by atoms with Gasteiger partial charge >= 0.3 is 5.97 Å². The maximum absolute atomic E-state index is 13.4. The topological polar surface area (TPSA) is 84.9 Å². The molecule has 0 radical (unpaired) electrons. The van der Waals surface area contributed by atoms with Crippen LogP contribution in [0.2, 0.25) is 0 Å². The molecule has 4 atom stereocenters. The molecule has 2 aromatic rings. The van der Waals surface area contributed by atoms with Crippen molar-refractivity contribution in [2.75, 3.05) is 19.1 Å². The molecule has 0 aromatic heterocycles. The molecule has 2 aliphatic heterocycles. The highest BCUT2D eigenvalue weighted by Crippen LogP contribution is 2.50. The highest BCUT2D eigenvalue weighted by Gasteiger charge is 2.67. The third-order valence-corrected chi connectivity index (χ3v) is 5.89. The first-order valence-electron chi connectivity index (χ1n) is 9.35. The number of benzene rings is 2. The summed E-state index contributed by atoms with van der Waals surface area (Å²) in [6.07, 6.45) is 0. The summed E-state index contributed by atoms with van der Waals surface area (Å²) in [5.41, 5.74) is -0.0256. The predicted molar refractivity (Wildman–Crippen MR) is 105 cm³/mol. The minimum Gasteiger partial charge on any atom is -0.497 e. The van der Waals surface area contributed by atoms with Crippen molar-refractivity contribution in [1.29, 1.82) is 0 Å². The Bertz CT molecular complexity index is 959. The molecule has 2 fully saturated rings. The van der Waals surface area contributed by atoms with Gasteiger partial charge in [0.25, 0.3) is 0 Å². The summed E-state index contributed by atoms with van der Waals surface area (Å²) in [5, 5.41) is 3.22. The van der Waals surface area contributed by atoms with Crippen LogP contribution in [0.25, 0.3) is 0 Å². The molecule has 2 amide bonds. The van der Waals surface area contributed by atoms with Gasteiger partial charge in [-0.15, -0.1) is 0 Å². The van der Waals surface area contributed by atoms with E-state index in [0.717, 1.165) is 5.56 Å². The third kappa shape index (κ3) is 2.81. The fourth-order valence-corrected chi connectivity index (χ4v) is 4.47. The molecule has 7 heteroatoms. The van der Waals surface area contributed by atoms with Crippen molar-refractivity contribution < 1.29 is 23.9 Å². The van der Waals surface area contributed by atoms with Crippen LogP contribution in [-0.4, -0.2) is 37.5 Å². The molecule has 1 N–H and O–H groups in total.